The number of aromatic nitrogens is 1. The van der Waals surface area contributed by atoms with Gasteiger partial charge < -0.3 is 4.74 Å². The lowest BCUT2D eigenvalue weighted by Gasteiger charge is -2.22. The van der Waals surface area contributed by atoms with Crippen LogP contribution in [0.4, 0.5) is 15.2 Å². The number of halogens is 3. The summed E-state index contributed by atoms with van der Waals surface area (Å²) in [5.74, 6) is -1.06. The lowest BCUT2D eigenvalue weighted by Crippen LogP contribution is -2.29. The molecule has 7 nitrogen and oxygen atoms in total. The Labute approximate surface area is 265 Å². The molecule has 0 fully saturated rings. The van der Waals surface area contributed by atoms with E-state index in [9.17, 15) is 14.0 Å². The van der Waals surface area contributed by atoms with E-state index in [1.54, 1.807) is 71.7 Å². The van der Waals surface area contributed by atoms with Crippen molar-refractivity contribution in [2.45, 2.75) is 12.5 Å². The summed E-state index contributed by atoms with van der Waals surface area (Å²) in [7, 11) is 1.42. The van der Waals surface area contributed by atoms with Gasteiger partial charge in [-0.25, -0.2) is 19.3 Å². The number of hydrogen-bond acceptors (Lipinski definition) is 7. The Morgan fingerprint density at radius 1 is 0.909 bits per heavy atom. The molecule has 0 saturated carbocycles. The summed E-state index contributed by atoms with van der Waals surface area (Å²) in [5.41, 5.74) is 4.66. The highest BCUT2D eigenvalue weighted by Gasteiger charge is 2.37. The van der Waals surface area contributed by atoms with Gasteiger partial charge in [-0.1, -0.05) is 53.5 Å². The number of carbonyl (C=O) groups excluding carboxylic acids is 2. The van der Waals surface area contributed by atoms with E-state index in [1.807, 2.05) is 17.5 Å². The van der Waals surface area contributed by atoms with E-state index in [0.29, 0.717) is 55.4 Å². The standard InChI is InChI=1S/C33H21Cl2FN4O3S/c1-43-30-12-9-19(14-26(30)36)27-16-29(24-11-10-20(34)15-25(24)35)40(38-27)33-37-28(17-44-33)18-5-4-6-21(13-18)39-31(41)22-7-2-3-8-23(22)32(39)42/h2-15,17,29H,16H2,1H3/t29-/m0/s1. The molecule has 0 saturated heterocycles. The molecule has 4 aromatic carbocycles. The van der Waals surface area contributed by atoms with Crippen LogP contribution in [0.15, 0.2) is 95.4 Å². The molecule has 7 rings (SSSR count). The van der Waals surface area contributed by atoms with Crippen molar-refractivity contribution in [3.05, 3.63) is 128 Å². The molecule has 11 heteroatoms. The molecule has 0 unspecified atom stereocenters. The lowest BCUT2D eigenvalue weighted by atomic mass is 9.98. The van der Waals surface area contributed by atoms with Gasteiger partial charge in [0, 0.05) is 33.0 Å². The highest BCUT2D eigenvalue weighted by molar-refractivity contribution is 7.14. The van der Waals surface area contributed by atoms with E-state index in [1.165, 1.54) is 29.4 Å². The molecule has 0 radical (unpaired) electrons. The molecule has 0 N–H and O–H groups in total. The number of ether oxygens (including phenoxy) is 1. The predicted octanol–water partition coefficient (Wildman–Crippen LogP) is 8.42. The van der Waals surface area contributed by atoms with Crippen molar-refractivity contribution < 1.29 is 18.7 Å². The molecule has 3 heterocycles. The number of benzene rings is 4. The molecule has 0 spiro atoms. The molecular formula is C33H21Cl2FN4O3S. The van der Waals surface area contributed by atoms with Crippen LogP contribution in [0, 0.1) is 5.82 Å². The van der Waals surface area contributed by atoms with Crippen LogP contribution < -0.4 is 14.6 Å². The van der Waals surface area contributed by atoms with Gasteiger partial charge in [0.15, 0.2) is 11.6 Å². The van der Waals surface area contributed by atoms with Crippen LogP contribution in [0.1, 0.15) is 44.3 Å². The SMILES string of the molecule is COc1ccc(C2=NN(c3nc(-c4cccc(N5C(=O)c6ccccc6C5=O)c4)cs3)[C@H](c3ccc(Cl)cc3Cl)C2)cc1F. The maximum absolute atomic E-state index is 14.6. The number of hydrogen-bond donors (Lipinski definition) is 0. The normalized spacial score (nSPS) is 16.0. The minimum absolute atomic E-state index is 0.148. The number of carbonyl (C=O) groups is 2. The second kappa shape index (κ2) is 11.2. The summed E-state index contributed by atoms with van der Waals surface area (Å²) in [6.07, 6.45) is 0.442. The average molecular weight is 644 g/mol. The van der Waals surface area contributed by atoms with Gasteiger partial charge in [0.25, 0.3) is 11.8 Å². The van der Waals surface area contributed by atoms with E-state index in [4.69, 9.17) is 38.0 Å². The number of amides is 2. The fourth-order valence-electron chi connectivity index (χ4n) is 5.45. The quantitative estimate of drug-likeness (QED) is 0.174. The van der Waals surface area contributed by atoms with Crippen molar-refractivity contribution >= 4 is 62.9 Å². The average Bonchev–Trinajstić information content (AvgIpc) is 3.75. The molecule has 2 amide bonds. The van der Waals surface area contributed by atoms with Gasteiger partial charge in [0.1, 0.15) is 0 Å². The third-order valence-electron chi connectivity index (χ3n) is 7.60. The zero-order valence-corrected chi connectivity index (χ0v) is 25.3. The number of methoxy groups -OCH3 is 1. The van der Waals surface area contributed by atoms with Crippen molar-refractivity contribution in [1.29, 1.82) is 0 Å². The van der Waals surface area contributed by atoms with Gasteiger partial charge >= 0.3 is 0 Å². The molecule has 0 aliphatic carbocycles. The molecule has 218 valence electrons. The fourth-order valence-corrected chi connectivity index (χ4v) is 6.82. The van der Waals surface area contributed by atoms with Crippen LogP contribution in [0.2, 0.25) is 10.0 Å². The number of nitrogens with zero attached hydrogens (tertiary/aromatic N) is 4. The zero-order valence-electron chi connectivity index (χ0n) is 23.0. The van der Waals surface area contributed by atoms with Crippen LogP contribution in [0.5, 0.6) is 5.75 Å². The van der Waals surface area contributed by atoms with Crippen LogP contribution in [0.25, 0.3) is 11.3 Å². The fraction of sp³-hybridized carbons (Fsp3) is 0.0909. The third kappa shape index (κ3) is 4.83. The second-order valence-corrected chi connectivity index (χ2v) is 11.9. The number of anilines is 2. The van der Waals surface area contributed by atoms with Crippen LogP contribution in [-0.4, -0.2) is 29.6 Å². The number of hydrazone groups is 1. The smallest absolute Gasteiger partial charge is 0.266 e. The number of imide groups is 1. The summed E-state index contributed by atoms with van der Waals surface area (Å²) in [4.78, 5) is 32.2. The first-order chi connectivity index (χ1) is 21.3. The topological polar surface area (TPSA) is 75.1 Å². The van der Waals surface area contributed by atoms with Crippen molar-refractivity contribution in [1.82, 2.24) is 4.98 Å². The first kappa shape index (κ1) is 28.2. The molecule has 44 heavy (non-hydrogen) atoms. The van der Waals surface area contributed by atoms with Gasteiger partial charge in [0.2, 0.25) is 5.13 Å². The van der Waals surface area contributed by atoms with Crippen molar-refractivity contribution in [3.63, 3.8) is 0 Å². The Morgan fingerprint density at radius 2 is 1.68 bits per heavy atom. The third-order valence-corrected chi connectivity index (χ3v) is 8.99. The van der Waals surface area contributed by atoms with E-state index in [2.05, 4.69) is 0 Å². The van der Waals surface area contributed by atoms with Crippen LogP contribution >= 0.6 is 34.5 Å². The highest BCUT2D eigenvalue weighted by atomic mass is 35.5. The molecule has 1 atom stereocenters. The Hall–Kier alpha value is -4.57. The van der Waals surface area contributed by atoms with E-state index < -0.39 is 5.82 Å². The van der Waals surface area contributed by atoms with Crippen molar-refractivity contribution in [2.75, 3.05) is 17.0 Å². The predicted molar refractivity (Wildman–Crippen MR) is 171 cm³/mol. The Kier molecular flexibility index (Phi) is 7.16. The molecule has 1 aromatic heterocycles. The second-order valence-electron chi connectivity index (χ2n) is 10.2. The molecule has 5 aromatic rings. The maximum atomic E-state index is 14.6. The maximum Gasteiger partial charge on any atom is 0.266 e. The molecule has 2 aliphatic rings. The first-order valence-electron chi connectivity index (χ1n) is 13.5. The number of rotatable bonds is 6. The number of thiazole rings is 1. The molecule has 0 bridgehead atoms. The van der Waals surface area contributed by atoms with Gasteiger partial charge in [-0.05, 0) is 60.2 Å². The number of fused-ring (bicyclic) bond motifs is 1. The Balaban J connectivity index is 1.24. The Bertz CT molecular complexity index is 1980. The van der Waals surface area contributed by atoms with Crippen molar-refractivity contribution in [2.24, 2.45) is 5.10 Å². The lowest BCUT2D eigenvalue weighted by molar-refractivity contribution is 0.0926. The summed E-state index contributed by atoms with van der Waals surface area (Å²) < 4.78 is 19.7. The summed E-state index contributed by atoms with van der Waals surface area (Å²) in [6.45, 7) is 0. The van der Waals surface area contributed by atoms with Crippen molar-refractivity contribution in [3.8, 4) is 17.0 Å². The minimum Gasteiger partial charge on any atom is -0.494 e. The summed E-state index contributed by atoms with van der Waals surface area (Å²) in [6, 6.07) is 23.6. The van der Waals surface area contributed by atoms with E-state index in [0.717, 1.165) is 11.1 Å². The van der Waals surface area contributed by atoms with Crippen LogP contribution in [0.3, 0.4) is 0 Å². The summed E-state index contributed by atoms with van der Waals surface area (Å²) >= 11 is 14.2. The van der Waals surface area contributed by atoms with Gasteiger partial charge in [-0.15, -0.1) is 11.3 Å². The van der Waals surface area contributed by atoms with Gasteiger partial charge in [0.05, 0.1) is 41.4 Å². The molecular weight excluding hydrogens is 622 g/mol. The monoisotopic (exact) mass is 642 g/mol. The Morgan fingerprint density at radius 3 is 2.39 bits per heavy atom. The summed E-state index contributed by atoms with van der Waals surface area (Å²) in [5, 5.41) is 10.1. The minimum atomic E-state index is -0.485. The first-order valence-corrected chi connectivity index (χ1v) is 15.2. The van der Waals surface area contributed by atoms with E-state index in [-0.39, 0.29) is 23.6 Å². The van der Waals surface area contributed by atoms with Crippen LogP contribution in [-0.2, 0) is 0 Å². The largest absolute Gasteiger partial charge is 0.494 e. The van der Waals surface area contributed by atoms with Gasteiger partial charge in [-0.2, -0.15) is 5.10 Å². The van der Waals surface area contributed by atoms with E-state index >= 15 is 0 Å². The molecule has 2 aliphatic heterocycles. The van der Waals surface area contributed by atoms with Gasteiger partial charge in [-0.3, -0.25) is 9.59 Å². The highest BCUT2D eigenvalue weighted by Crippen LogP contribution is 2.42. The zero-order chi connectivity index (χ0) is 30.5.